The summed E-state index contributed by atoms with van der Waals surface area (Å²) in [5.74, 6) is 1.07. The van der Waals surface area contributed by atoms with Gasteiger partial charge in [-0.2, -0.15) is 0 Å². The topological polar surface area (TPSA) is 82.6 Å². The molecule has 2 aliphatic rings. The van der Waals surface area contributed by atoms with Gasteiger partial charge in [-0.1, -0.05) is 11.2 Å². The van der Waals surface area contributed by atoms with Crippen molar-refractivity contribution in [2.45, 2.75) is 71.1 Å². The molecular weight excluding hydrogens is 499 g/mol. The molecule has 4 aromatic rings. The van der Waals surface area contributed by atoms with Gasteiger partial charge in [0.2, 0.25) is 0 Å². The van der Waals surface area contributed by atoms with Crippen molar-refractivity contribution in [3.05, 3.63) is 65.1 Å². The maximum absolute atomic E-state index is 14.2. The average molecular weight is 536 g/mol. The molecule has 1 saturated carbocycles. The normalized spacial score (nSPS) is 23.4. The van der Waals surface area contributed by atoms with E-state index in [1.807, 2.05) is 32.0 Å². The number of benzene rings is 2. The molecule has 0 bridgehead atoms. The summed E-state index contributed by atoms with van der Waals surface area (Å²) in [5.41, 5.74) is 5.27. The first kappa shape index (κ1) is 22.1. The number of carbonyl (C=O) groups is 1. The fraction of sp³-hybridized carbons (Fsp3) is 0.433. The molecule has 2 fully saturated rings. The lowest BCUT2D eigenvalue weighted by Gasteiger charge is -2.37. The molecular formula is C30H33FN4O4. The van der Waals surface area contributed by atoms with Crippen molar-refractivity contribution in [3.8, 4) is 11.1 Å². The van der Waals surface area contributed by atoms with Gasteiger partial charge in [0.05, 0.1) is 33.6 Å². The third kappa shape index (κ3) is 4.48. The molecule has 0 spiro atoms. The van der Waals surface area contributed by atoms with E-state index in [1.54, 1.807) is 24.0 Å². The zero-order chi connectivity index (χ0) is 29.8. The van der Waals surface area contributed by atoms with Crippen molar-refractivity contribution in [2.24, 2.45) is 0 Å². The maximum Gasteiger partial charge on any atom is 0.414 e. The van der Waals surface area contributed by atoms with E-state index in [-0.39, 0.29) is 24.6 Å². The fourth-order valence-electron chi connectivity index (χ4n) is 6.10. The third-order valence-corrected chi connectivity index (χ3v) is 8.06. The quantitative estimate of drug-likeness (QED) is 0.274. The van der Waals surface area contributed by atoms with Gasteiger partial charge in [-0.25, -0.2) is 14.2 Å². The number of imidazole rings is 1. The monoisotopic (exact) mass is 535 g/mol. The van der Waals surface area contributed by atoms with Crippen LogP contribution in [0.1, 0.15) is 71.1 Å². The van der Waals surface area contributed by atoms with Crippen LogP contribution in [0.2, 0.25) is 0 Å². The number of cyclic esters (lactones) is 1. The molecule has 1 aliphatic carbocycles. The van der Waals surface area contributed by atoms with E-state index < -0.39 is 19.2 Å². The average Bonchev–Trinajstić information content (AvgIpc) is 3.48. The van der Waals surface area contributed by atoms with E-state index in [4.69, 9.17) is 23.1 Å². The highest BCUT2D eigenvalue weighted by molar-refractivity contribution is 5.90. The van der Waals surface area contributed by atoms with Gasteiger partial charge in [-0.15, -0.1) is 0 Å². The van der Waals surface area contributed by atoms with E-state index in [0.717, 1.165) is 27.9 Å². The number of fused-ring (bicyclic) bond motifs is 1. The molecule has 0 N–H and O–H groups in total. The lowest BCUT2D eigenvalue weighted by molar-refractivity contribution is 0.0582. The number of rotatable bonds is 5. The second-order valence-corrected chi connectivity index (χ2v) is 10.5. The van der Waals surface area contributed by atoms with E-state index >= 15 is 0 Å². The summed E-state index contributed by atoms with van der Waals surface area (Å²) in [6, 6.07) is 10.2. The maximum atomic E-state index is 14.2. The Morgan fingerprint density at radius 2 is 1.90 bits per heavy atom. The Hall–Kier alpha value is -3.72. The Balaban J connectivity index is 1.46. The van der Waals surface area contributed by atoms with Crippen molar-refractivity contribution in [2.75, 3.05) is 18.5 Å². The number of anilines is 1. The Labute approximate surface area is 230 Å². The number of hydrogen-bond donors (Lipinski definition) is 0. The van der Waals surface area contributed by atoms with Crippen LogP contribution in [-0.4, -0.2) is 40.5 Å². The van der Waals surface area contributed by atoms with Gasteiger partial charge in [-0.3, -0.25) is 4.90 Å². The van der Waals surface area contributed by atoms with Gasteiger partial charge >= 0.3 is 6.09 Å². The molecule has 204 valence electrons. The molecule has 2 aromatic heterocycles. The summed E-state index contributed by atoms with van der Waals surface area (Å²) < 4.78 is 55.1. The minimum atomic E-state index is -2.44. The minimum Gasteiger partial charge on any atom is -0.449 e. The van der Waals surface area contributed by atoms with Crippen LogP contribution in [-0.2, 0) is 9.47 Å². The first-order chi connectivity index (χ1) is 20.0. The second-order valence-electron chi connectivity index (χ2n) is 10.5. The van der Waals surface area contributed by atoms with Crippen molar-refractivity contribution < 1.29 is 27.3 Å². The summed E-state index contributed by atoms with van der Waals surface area (Å²) in [5, 5.41) is 4.10. The third-order valence-electron chi connectivity index (χ3n) is 8.06. The number of aromatic nitrogens is 3. The van der Waals surface area contributed by atoms with E-state index in [0.29, 0.717) is 54.9 Å². The zero-order valence-corrected chi connectivity index (χ0v) is 22.2. The molecule has 9 heteroatoms. The Morgan fingerprint density at radius 1 is 1.08 bits per heavy atom. The van der Waals surface area contributed by atoms with Gasteiger partial charge in [0.25, 0.3) is 0 Å². The number of aryl methyl sites for hydroxylation is 3. The van der Waals surface area contributed by atoms with Crippen LogP contribution >= 0.6 is 0 Å². The first-order valence-corrected chi connectivity index (χ1v) is 13.4. The van der Waals surface area contributed by atoms with Crippen molar-refractivity contribution in [1.82, 2.24) is 14.7 Å². The largest absolute Gasteiger partial charge is 0.449 e. The summed E-state index contributed by atoms with van der Waals surface area (Å²) in [4.78, 5) is 19.9. The molecule has 6 rings (SSSR count). The summed E-state index contributed by atoms with van der Waals surface area (Å²) in [6.45, 7) is 5.66. The van der Waals surface area contributed by atoms with E-state index in [9.17, 15) is 9.18 Å². The summed E-state index contributed by atoms with van der Waals surface area (Å²) in [6.07, 6.45) is 2.21. The van der Waals surface area contributed by atoms with Crippen LogP contribution in [0.4, 0.5) is 14.9 Å². The first-order valence-electron chi connectivity index (χ1n) is 14.9. The number of ether oxygens (including phenoxy) is 2. The molecule has 8 nitrogen and oxygen atoms in total. The molecule has 1 aliphatic heterocycles. The van der Waals surface area contributed by atoms with Gasteiger partial charge in [0.15, 0.2) is 0 Å². The van der Waals surface area contributed by atoms with Crippen molar-refractivity contribution in [1.29, 1.82) is 0 Å². The predicted molar refractivity (Wildman–Crippen MR) is 145 cm³/mol. The van der Waals surface area contributed by atoms with Gasteiger partial charge in [-0.05, 0) is 87.9 Å². The Kier molecular flexibility index (Phi) is 5.74. The van der Waals surface area contributed by atoms with Crippen molar-refractivity contribution in [3.63, 3.8) is 0 Å². The SMILES string of the molecule is [2H]C([2H])([2H])OC1CCC(n2c(C3CCOC(=O)N3c3ccc(F)c(C)c3)nc3cc(-c4c(C)noc4C)ccc32)CC1. The number of nitrogens with zero attached hydrogens (tertiary/aromatic N) is 4. The number of methoxy groups -OCH3 is 1. The summed E-state index contributed by atoms with van der Waals surface area (Å²) in [7, 11) is -2.44. The molecule has 1 atom stereocenters. The lowest BCUT2D eigenvalue weighted by Crippen LogP contribution is -2.42. The molecule has 1 saturated heterocycles. The Morgan fingerprint density at radius 3 is 2.62 bits per heavy atom. The van der Waals surface area contributed by atoms with Crippen LogP contribution in [0, 0.1) is 26.6 Å². The van der Waals surface area contributed by atoms with Crippen LogP contribution in [0.15, 0.2) is 40.9 Å². The van der Waals surface area contributed by atoms with Crippen LogP contribution in [0.3, 0.4) is 0 Å². The van der Waals surface area contributed by atoms with E-state index in [2.05, 4.69) is 9.72 Å². The molecule has 1 amide bonds. The smallest absolute Gasteiger partial charge is 0.414 e. The van der Waals surface area contributed by atoms with Gasteiger partial charge in [0, 0.05) is 30.8 Å². The van der Waals surface area contributed by atoms with Crippen LogP contribution < -0.4 is 4.90 Å². The van der Waals surface area contributed by atoms with Crippen molar-refractivity contribution >= 4 is 22.8 Å². The molecule has 3 heterocycles. The lowest BCUT2D eigenvalue weighted by atomic mass is 9.92. The second kappa shape index (κ2) is 10.1. The van der Waals surface area contributed by atoms with Gasteiger partial charge in [0.1, 0.15) is 23.4 Å². The number of halogens is 1. The number of hydrogen-bond acceptors (Lipinski definition) is 6. The Bertz CT molecular complexity index is 1620. The highest BCUT2D eigenvalue weighted by Gasteiger charge is 2.38. The summed E-state index contributed by atoms with van der Waals surface area (Å²) >= 11 is 0. The molecule has 2 aromatic carbocycles. The van der Waals surface area contributed by atoms with Crippen LogP contribution in [0.5, 0.6) is 0 Å². The highest BCUT2D eigenvalue weighted by atomic mass is 19.1. The minimum absolute atomic E-state index is 0.0149. The number of carbonyl (C=O) groups excluding carboxylic acids is 1. The molecule has 39 heavy (non-hydrogen) atoms. The zero-order valence-electron chi connectivity index (χ0n) is 25.2. The fourth-order valence-corrected chi connectivity index (χ4v) is 6.10. The number of amides is 1. The van der Waals surface area contributed by atoms with Gasteiger partial charge < -0.3 is 18.6 Å². The standard InChI is InChI=1S/C30H33FN4O4/c1-17-15-22(8-11-24(17)31)35-27(13-14-38-30(35)36)29-32-25-16-20(28-18(2)33-39-19(28)3)5-12-26(25)34(29)21-6-9-23(37-4)10-7-21/h5,8,11-12,15-16,21,23,27H,6-7,9-10,13-14H2,1-4H3/i4D3. The molecule has 0 radical (unpaired) electrons. The predicted octanol–water partition coefficient (Wildman–Crippen LogP) is 6.97. The van der Waals surface area contributed by atoms with E-state index in [1.165, 1.54) is 6.07 Å². The molecule has 1 unspecified atom stereocenters. The van der Waals surface area contributed by atoms with Crippen LogP contribution in [0.25, 0.3) is 22.2 Å². The highest BCUT2D eigenvalue weighted by Crippen LogP contribution is 2.41.